The second-order valence-corrected chi connectivity index (χ2v) is 2.57. The molecule has 0 aliphatic heterocycles. The largest absolute Gasteiger partial charge is 1.00 e. The van der Waals surface area contributed by atoms with Crippen molar-refractivity contribution < 1.29 is 44.2 Å². The molecular formula is C10H11NaO3. The van der Waals surface area contributed by atoms with E-state index in [-0.39, 0.29) is 29.6 Å². The number of carbonyl (C=O) groups excluding carboxylic acids is 1. The number of carboxylic acids is 1. The van der Waals surface area contributed by atoms with E-state index in [1.54, 1.807) is 31.2 Å². The smallest absolute Gasteiger partial charge is 0.547 e. The summed E-state index contributed by atoms with van der Waals surface area (Å²) < 4.78 is 5.03. The van der Waals surface area contributed by atoms with E-state index in [4.69, 9.17) is 4.74 Å². The number of hydrogen-bond donors (Lipinski definition) is 0. The zero-order chi connectivity index (χ0) is 9.68. The third-order valence-corrected chi connectivity index (χ3v) is 1.65. The summed E-state index contributed by atoms with van der Waals surface area (Å²) in [6, 6.07) is 8.77. The summed E-state index contributed by atoms with van der Waals surface area (Å²) in [6.45, 7) is 2.10. The Morgan fingerprint density at radius 3 is 2.43 bits per heavy atom. The van der Waals surface area contributed by atoms with Crippen molar-refractivity contribution in [1.29, 1.82) is 0 Å². The van der Waals surface area contributed by atoms with Crippen molar-refractivity contribution in [2.45, 2.75) is 13.0 Å². The van der Waals surface area contributed by atoms with Gasteiger partial charge in [-0.05, 0) is 12.5 Å². The van der Waals surface area contributed by atoms with Crippen LogP contribution in [0.4, 0.5) is 0 Å². The van der Waals surface area contributed by atoms with Crippen LogP contribution in [0.5, 0.6) is 0 Å². The van der Waals surface area contributed by atoms with Crippen molar-refractivity contribution in [3.63, 3.8) is 0 Å². The number of hydrogen-bond acceptors (Lipinski definition) is 3. The maximum absolute atomic E-state index is 10.7. The number of rotatable bonds is 4. The molecule has 1 rings (SSSR count). The van der Waals surface area contributed by atoms with E-state index in [9.17, 15) is 9.90 Å². The topological polar surface area (TPSA) is 49.4 Å². The van der Waals surface area contributed by atoms with Crippen LogP contribution in [0.2, 0.25) is 0 Å². The molecule has 0 aliphatic carbocycles. The molecule has 4 heteroatoms. The van der Waals surface area contributed by atoms with E-state index in [1.165, 1.54) is 0 Å². The van der Waals surface area contributed by atoms with Crippen molar-refractivity contribution in [2.75, 3.05) is 6.61 Å². The maximum atomic E-state index is 10.7. The van der Waals surface area contributed by atoms with Crippen molar-refractivity contribution in [3.8, 4) is 0 Å². The molecular weight excluding hydrogens is 191 g/mol. The van der Waals surface area contributed by atoms with E-state index in [0.717, 1.165) is 0 Å². The molecule has 0 spiro atoms. The van der Waals surface area contributed by atoms with Gasteiger partial charge in [0, 0.05) is 6.61 Å². The first-order valence-electron chi connectivity index (χ1n) is 4.13. The molecule has 3 nitrogen and oxygen atoms in total. The second kappa shape index (κ2) is 7.01. The van der Waals surface area contributed by atoms with Gasteiger partial charge in [-0.1, -0.05) is 30.3 Å². The molecule has 0 saturated heterocycles. The Labute approximate surface area is 105 Å². The molecule has 0 bridgehead atoms. The fourth-order valence-corrected chi connectivity index (χ4v) is 1.09. The minimum Gasteiger partial charge on any atom is -0.547 e. The number of benzene rings is 1. The summed E-state index contributed by atoms with van der Waals surface area (Å²) in [4.78, 5) is 10.7. The van der Waals surface area contributed by atoms with Gasteiger partial charge in [0.1, 0.15) is 6.10 Å². The Kier molecular flexibility index (Phi) is 6.83. The van der Waals surface area contributed by atoms with Gasteiger partial charge in [0.25, 0.3) is 0 Å². The fourth-order valence-electron chi connectivity index (χ4n) is 1.09. The molecule has 0 unspecified atom stereocenters. The number of carboxylic acid groups (broad SMARTS) is 1. The Morgan fingerprint density at radius 1 is 1.43 bits per heavy atom. The van der Waals surface area contributed by atoms with Gasteiger partial charge in [-0.25, -0.2) is 0 Å². The molecule has 0 aliphatic rings. The van der Waals surface area contributed by atoms with Gasteiger partial charge < -0.3 is 14.6 Å². The minimum atomic E-state index is -1.20. The van der Waals surface area contributed by atoms with E-state index < -0.39 is 12.1 Å². The SMILES string of the molecule is CCO[C@H](C(=O)[O-])c1ccccc1.[Na+]. The first kappa shape index (κ1) is 13.7. The first-order chi connectivity index (χ1) is 6.25. The summed E-state index contributed by atoms with van der Waals surface area (Å²) in [5.74, 6) is -1.20. The van der Waals surface area contributed by atoms with Crippen LogP contribution in [0.15, 0.2) is 30.3 Å². The van der Waals surface area contributed by atoms with Gasteiger partial charge in [0.05, 0.1) is 5.97 Å². The standard InChI is InChI=1S/C10H12O3.Na/c1-2-13-9(10(11)12)8-6-4-3-5-7-8;/h3-7,9H,2H2,1H3,(H,11,12);/q;+1/p-1/t9-;/m0./s1. The van der Waals surface area contributed by atoms with Crippen molar-refractivity contribution >= 4 is 5.97 Å². The molecule has 1 atom stereocenters. The van der Waals surface area contributed by atoms with Crippen LogP contribution in [0.1, 0.15) is 18.6 Å². The van der Waals surface area contributed by atoms with Gasteiger partial charge in [-0.2, -0.15) is 0 Å². The van der Waals surface area contributed by atoms with Crippen LogP contribution in [-0.4, -0.2) is 12.6 Å². The quantitative estimate of drug-likeness (QED) is 0.508. The summed E-state index contributed by atoms with van der Waals surface area (Å²) >= 11 is 0. The zero-order valence-electron chi connectivity index (χ0n) is 8.40. The van der Waals surface area contributed by atoms with Crippen LogP contribution in [-0.2, 0) is 9.53 Å². The molecule has 0 N–H and O–H groups in total. The summed E-state index contributed by atoms with van der Waals surface area (Å²) in [7, 11) is 0. The van der Waals surface area contributed by atoms with E-state index in [1.807, 2.05) is 6.07 Å². The van der Waals surface area contributed by atoms with Crippen molar-refractivity contribution in [3.05, 3.63) is 35.9 Å². The molecule has 0 radical (unpaired) electrons. The fraction of sp³-hybridized carbons (Fsp3) is 0.300. The molecule has 0 fully saturated rings. The molecule has 70 valence electrons. The predicted molar refractivity (Wildman–Crippen MR) is 45.8 cm³/mol. The van der Waals surface area contributed by atoms with Crippen LogP contribution in [0.25, 0.3) is 0 Å². The molecule has 14 heavy (non-hydrogen) atoms. The van der Waals surface area contributed by atoms with Gasteiger partial charge >= 0.3 is 29.6 Å². The Bertz CT molecular complexity index is 274. The van der Waals surface area contributed by atoms with Gasteiger partial charge in [-0.15, -0.1) is 0 Å². The Balaban J connectivity index is 0.00000169. The average Bonchev–Trinajstić information content (AvgIpc) is 2.15. The van der Waals surface area contributed by atoms with Gasteiger partial charge in [0.2, 0.25) is 0 Å². The van der Waals surface area contributed by atoms with E-state index in [0.29, 0.717) is 12.2 Å². The van der Waals surface area contributed by atoms with E-state index >= 15 is 0 Å². The summed E-state index contributed by atoms with van der Waals surface area (Å²) in [5.41, 5.74) is 0.615. The molecule has 0 aromatic heterocycles. The number of aliphatic carboxylic acids is 1. The summed E-state index contributed by atoms with van der Waals surface area (Å²) in [5, 5.41) is 10.7. The van der Waals surface area contributed by atoms with Gasteiger partial charge in [-0.3, -0.25) is 0 Å². The van der Waals surface area contributed by atoms with Crippen LogP contribution in [0.3, 0.4) is 0 Å². The number of carbonyl (C=O) groups is 1. The predicted octanol–water partition coefficient (Wildman–Crippen LogP) is -2.48. The molecule has 1 aromatic carbocycles. The maximum Gasteiger partial charge on any atom is 1.00 e. The van der Waals surface area contributed by atoms with E-state index in [2.05, 4.69) is 0 Å². The van der Waals surface area contributed by atoms with Crippen molar-refractivity contribution in [2.24, 2.45) is 0 Å². The molecule has 0 heterocycles. The van der Waals surface area contributed by atoms with Crippen LogP contribution < -0.4 is 34.7 Å². The molecule has 1 aromatic rings. The normalized spacial score (nSPS) is 11.5. The Hall–Kier alpha value is -0.350. The minimum absolute atomic E-state index is 0. The Morgan fingerprint density at radius 2 is 2.00 bits per heavy atom. The monoisotopic (exact) mass is 202 g/mol. The third-order valence-electron chi connectivity index (χ3n) is 1.65. The zero-order valence-corrected chi connectivity index (χ0v) is 10.4. The van der Waals surface area contributed by atoms with Gasteiger partial charge in [0.15, 0.2) is 0 Å². The number of ether oxygens (including phenoxy) is 1. The first-order valence-corrected chi connectivity index (χ1v) is 4.13. The molecule has 0 saturated carbocycles. The van der Waals surface area contributed by atoms with Crippen LogP contribution >= 0.6 is 0 Å². The molecule has 0 amide bonds. The summed E-state index contributed by atoms with van der Waals surface area (Å²) in [6.07, 6.45) is -0.953. The van der Waals surface area contributed by atoms with Crippen molar-refractivity contribution in [1.82, 2.24) is 0 Å². The van der Waals surface area contributed by atoms with Crippen LogP contribution in [0, 0.1) is 0 Å². The average molecular weight is 202 g/mol. The third kappa shape index (κ3) is 3.80. The second-order valence-electron chi connectivity index (χ2n) is 2.57.